The van der Waals surface area contributed by atoms with Gasteiger partial charge in [-0.15, -0.1) is 10.2 Å². The Morgan fingerprint density at radius 2 is 1.97 bits per heavy atom. The Hall–Kier alpha value is -2.87. The molecule has 1 amide bonds. The number of para-hydroxylation sites is 2. The van der Waals surface area contributed by atoms with Crippen molar-refractivity contribution in [2.24, 2.45) is 0 Å². The van der Waals surface area contributed by atoms with E-state index in [-0.39, 0.29) is 28.1 Å². The highest BCUT2D eigenvalue weighted by atomic mass is 35.5. The number of benzene rings is 2. The van der Waals surface area contributed by atoms with Crippen LogP contribution in [0.3, 0.4) is 0 Å². The molecule has 34 heavy (non-hydrogen) atoms. The van der Waals surface area contributed by atoms with Crippen LogP contribution < -0.4 is 14.4 Å². The van der Waals surface area contributed by atoms with Crippen molar-refractivity contribution in [2.45, 2.75) is 15.3 Å². The van der Waals surface area contributed by atoms with Crippen LogP contribution in [0.4, 0.5) is 10.8 Å². The van der Waals surface area contributed by atoms with Crippen molar-refractivity contribution in [3.05, 3.63) is 53.6 Å². The molecular formula is C20H17ClN4O6S3. The number of fused-ring (bicyclic) bond motifs is 1. The van der Waals surface area contributed by atoms with Crippen LogP contribution in [0.2, 0.25) is 5.02 Å². The van der Waals surface area contributed by atoms with E-state index in [4.69, 9.17) is 16.3 Å². The van der Waals surface area contributed by atoms with Gasteiger partial charge in [-0.05, 0) is 36.4 Å². The van der Waals surface area contributed by atoms with Gasteiger partial charge < -0.3 is 9.47 Å². The number of rotatable bonds is 7. The van der Waals surface area contributed by atoms with Gasteiger partial charge in [0, 0.05) is 5.02 Å². The second-order valence-corrected chi connectivity index (χ2v) is 11.3. The lowest BCUT2D eigenvalue weighted by Crippen LogP contribution is -2.48. The summed E-state index contributed by atoms with van der Waals surface area (Å²) in [4.78, 5) is 24.2. The van der Waals surface area contributed by atoms with Crippen LogP contribution in [-0.4, -0.2) is 56.0 Å². The van der Waals surface area contributed by atoms with Gasteiger partial charge in [0.05, 0.1) is 30.0 Å². The molecule has 0 fully saturated rings. The number of nitrogens with zero attached hydrogens (tertiary/aromatic N) is 3. The molecule has 0 spiro atoms. The first-order valence-corrected chi connectivity index (χ1v) is 13.3. The molecular weight excluding hydrogens is 524 g/mol. The Kier molecular flexibility index (Phi) is 7.26. The number of thioether (sulfide) groups is 1. The summed E-state index contributed by atoms with van der Waals surface area (Å²) in [6.07, 6.45) is -1.15. The molecule has 1 aliphatic heterocycles. The fourth-order valence-corrected chi connectivity index (χ4v) is 6.17. The lowest BCUT2D eigenvalue weighted by atomic mass is 10.2. The number of hydrogen-bond donors (Lipinski definition) is 1. The summed E-state index contributed by atoms with van der Waals surface area (Å²) >= 11 is 8.09. The summed E-state index contributed by atoms with van der Waals surface area (Å²) in [7, 11) is -2.72. The van der Waals surface area contributed by atoms with Crippen molar-refractivity contribution >= 4 is 67.4 Å². The van der Waals surface area contributed by atoms with Gasteiger partial charge in [-0.1, -0.05) is 46.8 Å². The van der Waals surface area contributed by atoms with E-state index in [1.54, 1.807) is 24.3 Å². The molecule has 1 atom stereocenters. The second kappa shape index (κ2) is 10.2. The van der Waals surface area contributed by atoms with Gasteiger partial charge in [-0.25, -0.2) is 8.42 Å². The van der Waals surface area contributed by atoms with Gasteiger partial charge in [-0.3, -0.25) is 19.2 Å². The summed E-state index contributed by atoms with van der Waals surface area (Å²) in [5, 5.41) is 11.0. The zero-order valence-electron chi connectivity index (χ0n) is 17.5. The zero-order chi connectivity index (χ0) is 24.3. The van der Waals surface area contributed by atoms with E-state index in [0.717, 1.165) is 27.4 Å². The van der Waals surface area contributed by atoms with E-state index in [9.17, 15) is 18.0 Å². The fraction of sp³-hybridized carbons (Fsp3) is 0.200. The van der Waals surface area contributed by atoms with Gasteiger partial charge in [0.15, 0.2) is 10.4 Å². The highest BCUT2D eigenvalue weighted by Gasteiger charge is 2.37. The lowest BCUT2D eigenvalue weighted by molar-refractivity contribution is -0.137. The molecule has 2 aromatic carbocycles. The Morgan fingerprint density at radius 3 is 2.71 bits per heavy atom. The molecule has 1 N–H and O–H groups in total. The number of sulfonamides is 1. The summed E-state index contributed by atoms with van der Waals surface area (Å²) in [5.74, 6) is -0.703. The van der Waals surface area contributed by atoms with E-state index < -0.39 is 28.0 Å². The largest absolute Gasteiger partial charge is 0.476 e. The van der Waals surface area contributed by atoms with Crippen molar-refractivity contribution in [2.75, 3.05) is 29.0 Å². The number of carbonyl (C=O) groups excluding carboxylic acids is 2. The normalized spacial score (nSPS) is 15.2. The summed E-state index contributed by atoms with van der Waals surface area (Å²) in [5.41, 5.74) is 0.318. The Balaban J connectivity index is 1.54. The van der Waals surface area contributed by atoms with Gasteiger partial charge in [0.1, 0.15) is 5.75 Å². The number of esters is 1. The Bertz CT molecular complexity index is 1320. The third-order valence-electron chi connectivity index (χ3n) is 4.61. The average molecular weight is 541 g/mol. The lowest BCUT2D eigenvalue weighted by Gasteiger charge is -2.34. The zero-order valence-corrected chi connectivity index (χ0v) is 20.7. The summed E-state index contributed by atoms with van der Waals surface area (Å²) < 4.78 is 38.7. The molecule has 0 saturated carbocycles. The molecule has 0 aliphatic carbocycles. The van der Waals surface area contributed by atoms with Crippen LogP contribution in [-0.2, 0) is 24.3 Å². The predicted octanol–water partition coefficient (Wildman–Crippen LogP) is 3.05. The maximum atomic E-state index is 13.4. The molecule has 14 heteroatoms. The van der Waals surface area contributed by atoms with E-state index in [1.165, 1.54) is 31.4 Å². The van der Waals surface area contributed by atoms with E-state index >= 15 is 0 Å². The van der Waals surface area contributed by atoms with Crippen molar-refractivity contribution in [1.29, 1.82) is 0 Å². The number of halogens is 1. The third-order valence-corrected chi connectivity index (χ3v) is 8.60. The van der Waals surface area contributed by atoms with Crippen LogP contribution in [0, 0.1) is 0 Å². The fourth-order valence-electron chi connectivity index (χ4n) is 2.98. The quantitative estimate of drug-likeness (QED) is 0.273. The number of ether oxygens (including phenoxy) is 2. The summed E-state index contributed by atoms with van der Waals surface area (Å²) in [6.45, 7) is -0.253. The number of carbonyl (C=O) groups is 2. The van der Waals surface area contributed by atoms with Crippen LogP contribution in [0.5, 0.6) is 5.75 Å². The van der Waals surface area contributed by atoms with Crippen LogP contribution in [0.1, 0.15) is 0 Å². The molecule has 0 bridgehead atoms. The van der Waals surface area contributed by atoms with Crippen LogP contribution in [0.25, 0.3) is 0 Å². The van der Waals surface area contributed by atoms with Gasteiger partial charge in [0.2, 0.25) is 5.13 Å². The van der Waals surface area contributed by atoms with Gasteiger partial charge in [0.25, 0.3) is 15.9 Å². The van der Waals surface area contributed by atoms with Crippen molar-refractivity contribution < 1.29 is 27.5 Å². The minimum Gasteiger partial charge on any atom is -0.476 e. The number of nitrogens with one attached hydrogen (secondary N) is 1. The molecule has 4 rings (SSSR count). The Morgan fingerprint density at radius 1 is 1.24 bits per heavy atom. The molecule has 0 saturated heterocycles. The Labute approximate surface area is 208 Å². The van der Waals surface area contributed by atoms with Gasteiger partial charge >= 0.3 is 5.97 Å². The second-order valence-electron chi connectivity index (χ2n) is 6.79. The standard InChI is InChI=1S/C20H17ClN4O6S3/c1-30-17(26)11-32-20-24-23-19(33-20)22-18(27)16-10-25(14-4-2-3-5-15(14)31-16)34(28,29)13-8-6-12(21)7-9-13/h2-9,16H,10-11H2,1H3,(H,22,23,27)/t16-/m1/s1. The minimum atomic E-state index is -4.00. The number of hydrogen-bond acceptors (Lipinski definition) is 10. The first kappa shape index (κ1) is 24.3. The predicted molar refractivity (Wildman–Crippen MR) is 128 cm³/mol. The molecule has 0 unspecified atom stereocenters. The average Bonchev–Trinajstić information content (AvgIpc) is 3.29. The minimum absolute atomic E-state index is 0.0316. The number of methoxy groups -OCH3 is 1. The monoisotopic (exact) mass is 540 g/mol. The molecule has 1 aliphatic rings. The number of anilines is 2. The third kappa shape index (κ3) is 5.27. The first-order chi connectivity index (χ1) is 16.3. The van der Waals surface area contributed by atoms with Crippen LogP contribution >= 0.6 is 34.7 Å². The first-order valence-electron chi connectivity index (χ1n) is 9.66. The number of amides is 1. The van der Waals surface area contributed by atoms with Crippen molar-refractivity contribution in [3.63, 3.8) is 0 Å². The smallest absolute Gasteiger partial charge is 0.316 e. The van der Waals surface area contributed by atoms with E-state index in [2.05, 4.69) is 20.3 Å². The topological polar surface area (TPSA) is 128 Å². The molecule has 0 radical (unpaired) electrons. The number of aromatic nitrogens is 2. The van der Waals surface area contributed by atoms with Crippen molar-refractivity contribution in [1.82, 2.24) is 10.2 Å². The maximum Gasteiger partial charge on any atom is 0.316 e. The molecule has 10 nitrogen and oxygen atoms in total. The van der Waals surface area contributed by atoms with E-state index in [1.807, 2.05) is 0 Å². The molecule has 3 aromatic rings. The van der Waals surface area contributed by atoms with Crippen molar-refractivity contribution in [3.8, 4) is 5.75 Å². The maximum absolute atomic E-state index is 13.4. The SMILES string of the molecule is COC(=O)CSc1nnc(NC(=O)[C@H]2CN(S(=O)(=O)c3ccc(Cl)cc3)c3ccccc3O2)s1. The van der Waals surface area contributed by atoms with Crippen LogP contribution in [0.15, 0.2) is 57.8 Å². The molecule has 2 heterocycles. The molecule has 178 valence electrons. The van der Waals surface area contributed by atoms with Gasteiger partial charge in [-0.2, -0.15) is 0 Å². The molecule has 1 aromatic heterocycles. The summed E-state index contributed by atoms with van der Waals surface area (Å²) in [6, 6.07) is 12.3. The van der Waals surface area contributed by atoms with E-state index in [0.29, 0.717) is 15.0 Å². The highest BCUT2D eigenvalue weighted by molar-refractivity contribution is 8.01. The highest BCUT2D eigenvalue weighted by Crippen LogP contribution is 2.37.